The van der Waals surface area contributed by atoms with Gasteiger partial charge >= 0.3 is 0 Å². The quantitative estimate of drug-likeness (QED) is 0.380. The van der Waals surface area contributed by atoms with E-state index in [4.69, 9.17) is 10.4 Å². The monoisotopic (exact) mass is 192 g/mol. The Hall–Kier alpha value is -1.95. The number of nitrogens with zero attached hydrogens (tertiary/aromatic N) is 2. The van der Waals surface area contributed by atoms with Crippen molar-refractivity contribution in [2.75, 3.05) is 0 Å². The molecular weight excluding hydrogens is 184 g/mol. The average molecular weight is 192 g/mol. The van der Waals surface area contributed by atoms with E-state index in [1.165, 1.54) is 6.20 Å². The molecule has 1 amide bonds. The molecule has 2 heterocycles. The van der Waals surface area contributed by atoms with E-state index in [9.17, 15) is 4.79 Å². The first-order valence-corrected chi connectivity index (χ1v) is 3.95. The zero-order valence-electron chi connectivity index (χ0n) is 7.44. The first-order chi connectivity index (χ1) is 6.72. The molecule has 72 valence electrons. The molecule has 0 aliphatic heterocycles. The summed E-state index contributed by atoms with van der Waals surface area (Å²) < 4.78 is 4.89. The fourth-order valence-electron chi connectivity index (χ4n) is 1.15. The normalized spacial score (nSPS) is 10.4. The molecular formula is C8H8N4O2. The predicted octanol–water partition coefficient (Wildman–Crippen LogP) is 0.135. The summed E-state index contributed by atoms with van der Waals surface area (Å²) >= 11 is 0. The van der Waals surface area contributed by atoms with Gasteiger partial charge in [-0.05, 0) is 13.0 Å². The molecule has 2 aromatic heterocycles. The number of hydrogen-bond acceptors (Lipinski definition) is 5. The number of hydrazine groups is 1. The first-order valence-electron chi connectivity index (χ1n) is 3.95. The maximum Gasteiger partial charge on any atom is 0.266 e. The van der Waals surface area contributed by atoms with Crippen LogP contribution in [0.4, 0.5) is 0 Å². The lowest BCUT2D eigenvalue weighted by Crippen LogP contribution is -2.30. The third-order valence-electron chi connectivity index (χ3n) is 1.90. The van der Waals surface area contributed by atoms with Crippen molar-refractivity contribution in [1.29, 1.82) is 0 Å². The second kappa shape index (κ2) is 3.08. The lowest BCUT2D eigenvalue weighted by atomic mass is 10.2. The molecule has 0 atom stereocenters. The summed E-state index contributed by atoms with van der Waals surface area (Å²) in [5.41, 5.74) is 3.52. The van der Waals surface area contributed by atoms with E-state index in [2.05, 4.69) is 10.1 Å². The molecule has 6 nitrogen and oxygen atoms in total. The van der Waals surface area contributed by atoms with E-state index < -0.39 is 0 Å². The molecule has 0 aliphatic rings. The zero-order chi connectivity index (χ0) is 10.1. The molecule has 0 spiro atoms. The number of nitrogen functional groups attached to an aromatic ring is 1. The van der Waals surface area contributed by atoms with Crippen LogP contribution in [0, 0.1) is 6.92 Å². The van der Waals surface area contributed by atoms with Gasteiger partial charge in [-0.15, -0.1) is 0 Å². The Labute approximate surface area is 79.0 Å². The summed E-state index contributed by atoms with van der Waals surface area (Å²) in [5, 5.41) is 4.44. The fourth-order valence-corrected chi connectivity index (χ4v) is 1.15. The molecule has 0 bridgehead atoms. The minimum atomic E-state index is -0.389. The molecule has 0 saturated heterocycles. The third kappa shape index (κ3) is 1.21. The number of fused-ring (bicyclic) bond motifs is 1. The number of hydrogen-bond donors (Lipinski definition) is 2. The molecule has 2 rings (SSSR count). The summed E-state index contributed by atoms with van der Waals surface area (Å²) in [6.07, 6.45) is 1.38. The number of amides is 1. The van der Waals surface area contributed by atoms with Gasteiger partial charge in [0.05, 0.1) is 16.6 Å². The van der Waals surface area contributed by atoms with Crippen LogP contribution in [0.2, 0.25) is 0 Å². The van der Waals surface area contributed by atoms with Crippen molar-refractivity contribution in [3.8, 4) is 0 Å². The Kier molecular flexibility index (Phi) is 1.90. The van der Waals surface area contributed by atoms with Gasteiger partial charge in [-0.1, -0.05) is 5.16 Å². The summed E-state index contributed by atoms with van der Waals surface area (Å²) in [6.45, 7) is 1.78. The van der Waals surface area contributed by atoms with Crippen LogP contribution < -0.4 is 11.3 Å². The predicted molar refractivity (Wildman–Crippen MR) is 48.2 cm³/mol. The SMILES string of the molecule is Cc1noc2ncc(C(=O)NN)cc12. The average Bonchev–Trinajstić information content (AvgIpc) is 2.59. The maximum absolute atomic E-state index is 11.2. The van der Waals surface area contributed by atoms with Gasteiger partial charge in [-0.25, -0.2) is 10.8 Å². The number of nitrogens with one attached hydrogen (secondary N) is 1. The molecule has 3 N–H and O–H groups in total. The molecule has 14 heavy (non-hydrogen) atoms. The standard InChI is InChI=1S/C8H8N4O2/c1-4-6-2-5(7(13)11-9)3-10-8(6)14-12-4/h2-3H,9H2,1H3,(H,11,13). The number of carbonyl (C=O) groups excluding carboxylic acids is 1. The lowest BCUT2D eigenvalue weighted by Gasteiger charge is -1.97. The molecule has 0 aromatic carbocycles. The van der Waals surface area contributed by atoms with Crippen LogP contribution in [-0.2, 0) is 0 Å². The van der Waals surface area contributed by atoms with Crippen LogP contribution in [0.1, 0.15) is 16.1 Å². The molecule has 6 heteroatoms. The summed E-state index contributed by atoms with van der Waals surface area (Å²) in [7, 11) is 0. The summed E-state index contributed by atoms with van der Waals surface area (Å²) in [5.74, 6) is 4.61. The number of pyridine rings is 1. The van der Waals surface area contributed by atoms with E-state index in [1.54, 1.807) is 13.0 Å². The number of nitrogens with two attached hydrogens (primary N) is 1. The fraction of sp³-hybridized carbons (Fsp3) is 0.125. The summed E-state index contributed by atoms with van der Waals surface area (Å²) in [6, 6.07) is 1.64. The Morgan fingerprint density at radius 1 is 1.64 bits per heavy atom. The van der Waals surface area contributed by atoms with Crippen molar-refractivity contribution < 1.29 is 9.32 Å². The smallest absolute Gasteiger partial charge is 0.266 e. The first kappa shape index (κ1) is 8.64. The molecule has 0 aliphatic carbocycles. The Bertz CT molecular complexity index is 491. The van der Waals surface area contributed by atoms with E-state index in [-0.39, 0.29) is 5.91 Å². The van der Waals surface area contributed by atoms with Gasteiger partial charge in [0.1, 0.15) is 0 Å². The lowest BCUT2D eigenvalue weighted by molar-refractivity contribution is 0.0953. The van der Waals surface area contributed by atoms with Gasteiger partial charge < -0.3 is 4.52 Å². The van der Waals surface area contributed by atoms with Crippen LogP contribution in [0.15, 0.2) is 16.8 Å². The van der Waals surface area contributed by atoms with Crippen molar-refractivity contribution in [3.63, 3.8) is 0 Å². The second-order valence-electron chi connectivity index (χ2n) is 2.82. The van der Waals surface area contributed by atoms with Gasteiger partial charge in [0, 0.05) is 6.20 Å². The van der Waals surface area contributed by atoms with Gasteiger partial charge in [0.15, 0.2) is 0 Å². The molecule has 2 aromatic rings. The number of aryl methyl sites for hydroxylation is 1. The maximum atomic E-state index is 11.2. The molecule has 0 saturated carbocycles. The van der Waals surface area contributed by atoms with E-state index in [1.807, 2.05) is 5.43 Å². The Morgan fingerprint density at radius 3 is 3.14 bits per heavy atom. The van der Waals surface area contributed by atoms with Crippen LogP contribution in [0.25, 0.3) is 11.1 Å². The Balaban J connectivity index is 2.60. The zero-order valence-corrected chi connectivity index (χ0v) is 7.44. The van der Waals surface area contributed by atoms with E-state index in [0.29, 0.717) is 22.4 Å². The minimum Gasteiger partial charge on any atom is -0.336 e. The van der Waals surface area contributed by atoms with Gasteiger partial charge in [0.25, 0.3) is 11.6 Å². The van der Waals surface area contributed by atoms with E-state index in [0.717, 1.165) is 0 Å². The molecule has 0 fully saturated rings. The molecule has 0 radical (unpaired) electrons. The van der Waals surface area contributed by atoms with Crippen LogP contribution in [0.3, 0.4) is 0 Å². The highest BCUT2D eigenvalue weighted by Gasteiger charge is 2.09. The topological polar surface area (TPSA) is 94.0 Å². The van der Waals surface area contributed by atoms with Crippen molar-refractivity contribution >= 4 is 17.0 Å². The number of rotatable bonds is 1. The molecule has 0 unspecified atom stereocenters. The highest BCUT2D eigenvalue weighted by molar-refractivity contribution is 5.96. The van der Waals surface area contributed by atoms with Crippen molar-refractivity contribution in [3.05, 3.63) is 23.5 Å². The van der Waals surface area contributed by atoms with Gasteiger partial charge in [0.2, 0.25) is 0 Å². The highest BCUT2D eigenvalue weighted by Crippen LogP contribution is 2.16. The van der Waals surface area contributed by atoms with Crippen molar-refractivity contribution in [2.45, 2.75) is 6.92 Å². The van der Waals surface area contributed by atoms with E-state index >= 15 is 0 Å². The second-order valence-corrected chi connectivity index (χ2v) is 2.82. The van der Waals surface area contributed by atoms with Crippen LogP contribution in [-0.4, -0.2) is 16.0 Å². The van der Waals surface area contributed by atoms with Crippen LogP contribution >= 0.6 is 0 Å². The largest absolute Gasteiger partial charge is 0.336 e. The minimum absolute atomic E-state index is 0.381. The van der Waals surface area contributed by atoms with Crippen LogP contribution in [0.5, 0.6) is 0 Å². The third-order valence-corrected chi connectivity index (χ3v) is 1.90. The van der Waals surface area contributed by atoms with Gasteiger partial charge in [-0.3, -0.25) is 10.2 Å². The number of carbonyl (C=O) groups is 1. The Morgan fingerprint density at radius 2 is 2.43 bits per heavy atom. The van der Waals surface area contributed by atoms with Gasteiger partial charge in [-0.2, -0.15) is 0 Å². The van der Waals surface area contributed by atoms with Crippen molar-refractivity contribution in [2.24, 2.45) is 5.84 Å². The number of aromatic nitrogens is 2. The highest BCUT2D eigenvalue weighted by atomic mass is 16.5. The van der Waals surface area contributed by atoms with Crippen molar-refractivity contribution in [1.82, 2.24) is 15.6 Å². The summed E-state index contributed by atoms with van der Waals surface area (Å²) in [4.78, 5) is 15.1.